The summed E-state index contributed by atoms with van der Waals surface area (Å²) in [5.41, 5.74) is 1.01. The molecule has 0 saturated carbocycles. The van der Waals surface area contributed by atoms with Crippen LogP contribution in [-0.2, 0) is 16.4 Å². The fraction of sp³-hybridized carbons (Fsp3) is 0.571. The first-order chi connectivity index (χ1) is 9.07. The van der Waals surface area contributed by atoms with Gasteiger partial charge in [0.2, 0.25) is 0 Å². The van der Waals surface area contributed by atoms with E-state index in [4.69, 9.17) is 4.74 Å². The first kappa shape index (κ1) is 17.5. The minimum atomic E-state index is -3.00. The predicted molar refractivity (Wildman–Crippen MR) is 85.9 cm³/mol. The van der Waals surface area contributed by atoms with Crippen molar-refractivity contribution >= 4 is 25.8 Å². The molecule has 114 valence electrons. The summed E-state index contributed by atoms with van der Waals surface area (Å²) in [5.74, 6) is 0.739. The smallest absolute Gasteiger partial charge is 0.150 e. The molecule has 1 rings (SSSR count). The van der Waals surface area contributed by atoms with Crippen LogP contribution in [0.15, 0.2) is 22.7 Å². The lowest BCUT2D eigenvalue weighted by atomic mass is 10.1. The molecule has 0 spiro atoms. The van der Waals surface area contributed by atoms with Gasteiger partial charge in [-0.15, -0.1) is 0 Å². The van der Waals surface area contributed by atoms with Crippen LogP contribution in [0.25, 0.3) is 0 Å². The fourth-order valence-corrected chi connectivity index (χ4v) is 2.28. The number of rotatable bonds is 6. The van der Waals surface area contributed by atoms with Crippen LogP contribution < -0.4 is 10.1 Å². The van der Waals surface area contributed by atoms with E-state index in [9.17, 15) is 8.42 Å². The molecule has 1 aromatic rings. The Morgan fingerprint density at radius 2 is 1.95 bits per heavy atom. The van der Waals surface area contributed by atoms with Crippen molar-refractivity contribution in [3.05, 3.63) is 28.2 Å². The van der Waals surface area contributed by atoms with Crippen LogP contribution in [0.3, 0.4) is 0 Å². The average Bonchev–Trinajstić information content (AvgIpc) is 2.26. The Balaban J connectivity index is 2.74. The number of nitrogens with one attached hydrogen (secondary N) is 1. The maximum Gasteiger partial charge on any atom is 0.150 e. The zero-order valence-corrected chi connectivity index (χ0v) is 14.8. The highest BCUT2D eigenvalue weighted by Crippen LogP contribution is 2.23. The van der Waals surface area contributed by atoms with Crippen molar-refractivity contribution in [2.75, 3.05) is 18.6 Å². The van der Waals surface area contributed by atoms with E-state index in [1.165, 1.54) is 6.26 Å². The average molecular weight is 364 g/mol. The Labute approximate surface area is 130 Å². The van der Waals surface area contributed by atoms with Crippen LogP contribution >= 0.6 is 15.9 Å². The molecule has 20 heavy (non-hydrogen) atoms. The standard InChI is InChI=1S/C14H22BrNO3S/c1-14(2,3)16-10-11-9-12(15)5-6-13(11)19-7-8-20(4,17)18/h5-6,9,16H,7-8,10H2,1-4H3. The molecule has 6 heteroatoms. The van der Waals surface area contributed by atoms with Gasteiger partial charge in [0.25, 0.3) is 0 Å². The van der Waals surface area contributed by atoms with Crippen molar-refractivity contribution in [3.8, 4) is 5.75 Å². The second kappa shape index (κ2) is 6.91. The van der Waals surface area contributed by atoms with E-state index in [-0.39, 0.29) is 17.9 Å². The molecule has 0 unspecified atom stereocenters. The third-order valence-electron chi connectivity index (χ3n) is 2.54. The van der Waals surface area contributed by atoms with Gasteiger partial charge in [-0.2, -0.15) is 0 Å². The maximum absolute atomic E-state index is 11.1. The molecule has 0 aliphatic carbocycles. The highest BCUT2D eigenvalue weighted by molar-refractivity contribution is 9.10. The summed E-state index contributed by atoms with van der Waals surface area (Å²) < 4.78 is 28.8. The molecule has 1 N–H and O–H groups in total. The number of halogens is 1. The van der Waals surface area contributed by atoms with Crippen molar-refractivity contribution in [1.29, 1.82) is 0 Å². The van der Waals surface area contributed by atoms with Gasteiger partial charge in [0.05, 0.1) is 5.75 Å². The second-order valence-corrected chi connectivity index (χ2v) is 9.01. The summed E-state index contributed by atoms with van der Waals surface area (Å²) in [7, 11) is -3.00. The van der Waals surface area contributed by atoms with Gasteiger partial charge in [0, 0.05) is 28.4 Å². The van der Waals surface area contributed by atoms with E-state index in [2.05, 4.69) is 42.0 Å². The van der Waals surface area contributed by atoms with Gasteiger partial charge < -0.3 is 10.1 Å². The van der Waals surface area contributed by atoms with Crippen molar-refractivity contribution in [2.24, 2.45) is 0 Å². The largest absolute Gasteiger partial charge is 0.492 e. The Kier molecular flexibility index (Phi) is 6.04. The summed E-state index contributed by atoms with van der Waals surface area (Å²) in [6.45, 7) is 7.11. The molecule has 0 heterocycles. The lowest BCUT2D eigenvalue weighted by molar-refractivity contribution is 0.333. The first-order valence-electron chi connectivity index (χ1n) is 6.41. The summed E-state index contributed by atoms with van der Waals surface area (Å²) in [6, 6.07) is 5.72. The molecular weight excluding hydrogens is 342 g/mol. The Morgan fingerprint density at radius 1 is 1.30 bits per heavy atom. The van der Waals surface area contributed by atoms with Gasteiger partial charge in [0.15, 0.2) is 9.84 Å². The molecule has 0 amide bonds. The lowest BCUT2D eigenvalue weighted by Gasteiger charge is -2.21. The third kappa shape index (κ3) is 7.26. The summed E-state index contributed by atoms with van der Waals surface area (Å²) in [6.07, 6.45) is 1.21. The van der Waals surface area contributed by atoms with Crippen LogP contribution in [0.1, 0.15) is 26.3 Å². The fourth-order valence-electron chi connectivity index (χ4n) is 1.49. The molecule has 1 aromatic carbocycles. The van der Waals surface area contributed by atoms with Gasteiger partial charge in [-0.3, -0.25) is 0 Å². The van der Waals surface area contributed by atoms with Crippen LogP contribution in [0.4, 0.5) is 0 Å². The molecule has 0 aliphatic rings. The summed E-state index contributed by atoms with van der Waals surface area (Å²) in [4.78, 5) is 0. The van der Waals surface area contributed by atoms with Crippen LogP contribution in [0, 0.1) is 0 Å². The maximum atomic E-state index is 11.1. The number of ether oxygens (including phenoxy) is 1. The second-order valence-electron chi connectivity index (χ2n) is 5.83. The Bertz CT molecular complexity index is 550. The Morgan fingerprint density at radius 3 is 2.50 bits per heavy atom. The zero-order chi connectivity index (χ0) is 15.4. The topological polar surface area (TPSA) is 55.4 Å². The predicted octanol–water partition coefficient (Wildman–Crippen LogP) is 2.76. The minimum absolute atomic E-state index is 0.00630. The molecule has 0 aromatic heterocycles. The van der Waals surface area contributed by atoms with Crippen molar-refractivity contribution < 1.29 is 13.2 Å². The van der Waals surface area contributed by atoms with Gasteiger partial charge in [-0.05, 0) is 39.0 Å². The van der Waals surface area contributed by atoms with E-state index in [1.54, 1.807) is 0 Å². The normalized spacial score (nSPS) is 12.4. The van der Waals surface area contributed by atoms with E-state index >= 15 is 0 Å². The number of benzene rings is 1. The van der Waals surface area contributed by atoms with E-state index in [0.29, 0.717) is 12.3 Å². The summed E-state index contributed by atoms with van der Waals surface area (Å²) >= 11 is 3.44. The van der Waals surface area contributed by atoms with Crippen LogP contribution in [-0.4, -0.2) is 32.6 Å². The van der Waals surface area contributed by atoms with Crippen LogP contribution in [0.2, 0.25) is 0 Å². The van der Waals surface area contributed by atoms with E-state index in [0.717, 1.165) is 10.0 Å². The SMILES string of the molecule is CC(C)(C)NCc1cc(Br)ccc1OCCS(C)(=O)=O. The molecule has 0 atom stereocenters. The van der Waals surface area contributed by atoms with Crippen LogP contribution in [0.5, 0.6) is 5.75 Å². The molecule has 0 fully saturated rings. The minimum Gasteiger partial charge on any atom is -0.492 e. The van der Waals surface area contributed by atoms with Gasteiger partial charge >= 0.3 is 0 Å². The number of hydrogen-bond acceptors (Lipinski definition) is 4. The summed E-state index contributed by atoms with van der Waals surface area (Å²) in [5, 5.41) is 3.39. The molecule has 0 radical (unpaired) electrons. The Hall–Kier alpha value is -0.590. The van der Waals surface area contributed by atoms with Gasteiger partial charge in [-0.25, -0.2) is 8.42 Å². The molecule has 0 bridgehead atoms. The quantitative estimate of drug-likeness (QED) is 0.844. The van der Waals surface area contributed by atoms with E-state index in [1.807, 2.05) is 18.2 Å². The molecule has 0 saturated heterocycles. The van der Waals surface area contributed by atoms with Crippen molar-refractivity contribution in [3.63, 3.8) is 0 Å². The molecule has 4 nitrogen and oxygen atoms in total. The van der Waals surface area contributed by atoms with Crippen molar-refractivity contribution in [2.45, 2.75) is 32.9 Å². The first-order valence-corrected chi connectivity index (χ1v) is 9.26. The number of sulfone groups is 1. The highest BCUT2D eigenvalue weighted by Gasteiger charge is 2.12. The van der Waals surface area contributed by atoms with Gasteiger partial charge in [-0.1, -0.05) is 15.9 Å². The third-order valence-corrected chi connectivity index (χ3v) is 3.94. The molecule has 0 aliphatic heterocycles. The zero-order valence-electron chi connectivity index (χ0n) is 12.4. The molecular formula is C14H22BrNO3S. The lowest BCUT2D eigenvalue weighted by Crippen LogP contribution is -2.35. The van der Waals surface area contributed by atoms with Gasteiger partial charge in [0.1, 0.15) is 12.4 Å². The highest BCUT2D eigenvalue weighted by atomic mass is 79.9. The van der Waals surface area contributed by atoms with Crippen molar-refractivity contribution in [1.82, 2.24) is 5.32 Å². The monoisotopic (exact) mass is 363 g/mol. The number of hydrogen-bond donors (Lipinski definition) is 1. The van der Waals surface area contributed by atoms with E-state index < -0.39 is 9.84 Å².